The van der Waals surface area contributed by atoms with Gasteiger partial charge in [-0.2, -0.15) is 0 Å². The van der Waals surface area contributed by atoms with E-state index >= 15 is 0 Å². The molecule has 1 fully saturated rings. The van der Waals surface area contributed by atoms with E-state index in [4.69, 9.17) is 4.74 Å². The van der Waals surface area contributed by atoms with Gasteiger partial charge in [-0.25, -0.2) is 0 Å². The second-order valence-electron chi connectivity index (χ2n) is 9.48. The molecule has 1 aliphatic rings. The van der Waals surface area contributed by atoms with E-state index in [0.717, 1.165) is 36.3 Å². The number of rotatable bonds is 13. The second kappa shape index (κ2) is 13.6. The van der Waals surface area contributed by atoms with Crippen LogP contribution in [0.2, 0.25) is 0 Å². The van der Waals surface area contributed by atoms with E-state index in [0.29, 0.717) is 0 Å². The van der Waals surface area contributed by atoms with Crippen molar-refractivity contribution in [2.24, 2.45) is 5.92 Å². The predicted octanol–water partition coefficient (Wildman–Crippen LogP) is 8.95. The number of hydrogen-bond acceptors (Lipinski definition) is 2. The molecular formula is C29H43NO. The number of ether oxygens (including phenoxy) is 1. The molecule has 2 nitrogen and oxygen atoms in total. The fourth-order valence-electron chi connectivity index (χ4n) is 4.93. The van der Waals surface area contributed by atoms with E-state index < -0.39 is 0 Å². The molecule has 0 amide bonds. The van der Waals surface area contributed by atoms with E-state index in [1.54, 1.807) is 0 Å². The molecule has 0 atom stereocenters. The van der Waals surface area contributed by atoms with Crippen LogP contribution in [0.3, 0.4) is 0 Å². The summed E-state index contributed by atoms with van der Waals surface area (Å²) < 4.78 is 5.85. The van der Waals surface area contributed by atoms with Gasteiger partial charge in [0.2, 0.25) is 0 Å². The van der Waals surface area contributed by atoms with Gasteiger partial charge in [0.05, 0.1) is 18.5 Å². The summed E-state index contributed by atoms with van der Waals surface area (Å²) in [5.41, 5.74) is 3.74. The molecule has 1 aliphatic carbocycles. The Morgan fingerprint density at radius 1 is 0.774 bits per heavy atom. The minimum atomic E-state index is 0.748. The first-order chi connectivity index (χ1) is 15.3. The smallest absolute Gasteiger partial charge is 0.137 e. The Labute approximate surface area is 190 Å². The van der Waals surface area contributed by atoms with E-state index in [2.05, 4.69) is 55.2 Å². The average Bonchev–Trinajstić information content (AvgIpc) is 2.82. The zero-order valence-corrected chi connectivity index (χ0v) is 20.0. The van der Waals surface area contributed by atoms with Crippen LogP contribution < -0.4 is 4.74 Å². The quantitative estimate of drug-likeness (QED) is 0.301. The van der Waals surface area contributed by atoms with Gasteiger partial charge in [-0.15, -0.1) is 0 Å². The van der Waals surface area contributed by atoms with Crippen molar-refractivity contribution in [1.29, 1.82) is 0 Å². The van der Waals surface area contributed by atoms with Crippen LogP contribution >= 0.6 is 0 Å². The van der Waals surface area contributed by atoms with Crippen molar-refractivity contribution in [3.63, 3.8) is 0 Å². The molecule has 1 saturated carbocycles. The lowest BCUT2D eigenvalue weighted by Gasteiger charge is -2.29. The maximum Gasteiger partial charge on any atom is 0.137 e. The molecule has 3 rings (SSSR count). The molecule has 1 aromatic heterocycles. The highest BCUT2D eigenvalue weighted by atomic mass is 16.5. The SMILES string of the molecule is CCCCCCCOc1ccc(-c2ccc(C3CCC(CCCCC)CC3)cc2)nc1. The third-order valence-electron chi connectivity index (χ3n) is 6.99. The summed E-state index contributed by atoms with van der Waals surface area (Å²) in [4.78, 5) is 4.64. The van der Waals surface area contributed by atoms with Crippen molar-refractivity contribution in [3.8, 4) is 17.0 Å². The number of aromatic nitrogens is 1. The van der Waals surface area contributed by atoms with Gasteiger partial charge in [0, 0.05) is 5.56 Å². The van der Waals surface area contributed by atoms with E-state index in [-0.39, 0.29) is 0 Å². The highest BCUT2D eigenvalue weighted by molar-refractivity contribution is 5.60. The van der Waals surface area contributed by atoms with Crippen LogP contribution in [0, 0.1) is 5.92 Å². The molecule has 1 aromatic carbocycles. The molecule has 2 aromatic rings. The number of unbranched alkanes of at least 4 members (excludes halogenated alkanes) is 6. The lowest BCUT2D eigenvalue weighted by Crippen LogP contribution is -2.13. The van der Waals surface area contributed by atoms with Crippen LogP contribution in [0.5, 0.6) is 5.75 Å². The number of nitrogens with zero attached hydrogens (tertiary/aromatic N) is 1. The molecule has 170 valence electrons. The average molecular weight is 422 g/mol. The van der Waals surface area contributed by atoms with Crippen LogP contribution in [0.15, 0.2) is 42.6 Å². The molecule has 2 heteroatoms. The first-order valence-electron chi connectivity index (χ1n) is 13.0. The largest absolute Gasteiger partial charge is 0.492 e. The van der Waals surface area contributed by atoms with Crippen molar-refractivity contribution in [1.82, 2.24) is 4.98 Å². The Morgan fingerprint density at radius 2 is 1.48 bits per heavy atom. The topological polar surface area (TPSA) is 22.1 Å². The Balaban J connectivity index is 1.43. The zero-order valence-electron chi connectivity index (χ0n) is 20.0. The maximum atomic E-state index is 5.85. The second-order valence-corrected chi connectivity index (χ2v) is 9.48. The molecule has 0 radical (unpaired) electrons. The fourth-order valence-corrected chi connectivity index (χ4v) is 4.93. The predicted molar refractivity (Wildman–Crippen MR) is 133 cm³/mol. The minimum Gasteiger partial charge on any atom is -0.492 e. The first-order valence-corrected chi connectivity index (χ1v) is 13.0. The van der Waals surface area contributed by atoms with Gasteiger partial charge in [0.1, 0.15) is 5.75 Å². The zero-order chi connectivity index (χ0) is 21.7. The molecule has 31 heavy (non-hydrogen) atoms. The minimum absolute atomic E-state index is 0.748. The van der Waals surface area contributed by atoms with E-state index in [1.165, 1.54) is 88.2 Å². The van der Waals surface area contributed by atoms with Gasteiger partial charge in [-0.1, -0.05) is 89.5 Å². The molecule has 0 unspecified atom stereocenters. The van der Waals surface area contributed by atoms with Gasteiger partial charge >= 0.3 is 0 Å². The van der Waals surface area contributed by atoms with Crippen LogP contribution in [-0.2, 0) is 0 Å². The van der Waals surface area contributed by atoms with Crippen LogP contribution in [0.1, 0.15) is 109 Å². The van der Waals surface area contributed by atoms with Gasteiger partial charge < -0.3 is 4.74 Å². The maximum absolute atomic E-state index is 5.85. The highest BCUT2D eigenvalue weighted by Crippen LogP contribution is 2.38. The third-order valence-corrected chi connectivity index (χ3v) is 6.99. The molecule has 1 heterocycles. The van der Waals surface area contributed by atoms with Crippen LogP contribution in [-0.4, -0.2) is 11.6 Å². The fraction of sp³-hybridized carbons (Fsp3) is 0.621. The van der Waals surface area contributed by atoms with Gasteiger partial charge in [-0.3, -0.25) is 4.98 Å². The molecule has 0 aliphatic heterocycles. The summed E-state index contributed by atoms with van der Waals surface area (Å²) in [6, 6.07) is 13.3. The first kappa shape index (κ1) is 23.8. The normalized spacial score (nSPS) is 18.8. The molecule has 0 N–H and O–H groups in total. The van der Waals surface area contributed by atoms with Crippen molar-refractivity contribution in [2.75, 3.05) is 6.61 Å². The summed E-state index contributed by atoms with van der Waals surface area (Å²) in [7, 11) is 0. The molecular weight excluding hydrogens is 378 g/mol. The summed E-state index contributed by atoms with van der Waals surface area (Å²) >= 11 is 0. The lowest BCUT2D eigenvalue weighted by molar-refractivity contribution is 0.303. The van der Waals surface area contributed by atoms with Gasteiger partial charge in [-0.05, 0) is 61.6 Å². The third kappa shape index (κ3) is 7.98. The molecule has 0 bridgehead atoms. The van der Waals surface area contributed by atoms with Gasteiger partial charge in [0.15, 0.2) is 0 Å². The summed E-state index contributed by atoms with van der Waals surface area (Å²) in [5, 5.41) is 0. The van der Waals surface area contributed by atoms with Crippen molar-refractivity contribution in [2.45, 2.75) is 103 Å². The lowest BCUT2D eigenvalue weighted by atomic mass is 9.77. The summed E-state index contributed by atoms with van der Waals surface area (Å²) in [6.07, 6.45) is 19.3. The number of benzene rings is 1. The van der Waals surface area contributed by atoms with E-state index in [1.807, 2.05) is 6.20 Å². The summed E-state index contributed by atoms with van der Waals surface area (Å²) in [5.74, 6) is 2.60. The number of pyridine rings is 1. The Bertz CT molecular complexity index is 713. The monoisotopic (exact) mass is 421 g/mol. The summed E-state index contributed by atoms with van der Waals surface area (Å²) in [6.45, 7) is 5.34. The van der Waals surface area contributed by atoms with E-state index in [9.17, 15) is 0 Å². The Kier molecular flexibility index (Phi) is 10.4. The van der Waals surface area contributed by atoms with Crippen LogP contribution in [0.25, 0.3) is 11.3 Å². The highest BCUT2D eigenvalue weighted by Gasteiger charge is 2.22. The Morgan fingerprint density at radius 3 is 2.16 bits per heavy atom. The van der Waals surface area contributed by atoms with Crippen molar-refractivity contribution >= 4 is 0 Å². The Hall–Kier alpha value is -1.83. The molecule has 0 spiro atoms. The van der Waals surface area contributed by atoms with Crippen LogP contribution in [0.4, 0.5) is 0 Å². The molecule has 0 saturated heterocycles. The standard InChI is InChI=1S/C29H43NO/c1-3-5-7-8-10-22-31-28-20-21-29(30-23-28)27-18-16-26(17-19-27)25-14-12-24(13-15-25)11-9-6-4-2/h16-21,23-25H,3-15,22H2,1-2H3. The van der Waals surface area contributed by atoms with Gasteiger partial charge in [0.25, 0.3) is 0 Å². The van der Waals surface area contributed by atoms with Crippen molar-refractivity contribution < 1.29 is 4.74 Å². The number of hydrogen-bond donors (Lipinski definition) is 0. The van der Waals surface area contributed by atoms with Crippen molar-refractivity contribution in [3.05, 3.63) is 48.2 Å².